The summed E-state index contributed by atoms with van der Waals surface area (Å²) in [6.45, 7) is 2.35. The molecule has 0 saturated heterocycles. The molecule has 1 atom stereocenters. The first kappa shape index (κ1) is 15.3. The Morgan fingerprint density at radius 3 is 2.81 bits per heavy atom. The molecule has 2 rings (SSSR count). The second kappa shape index (κ2) is 7.64. The van der Waals surface area contributed by atoms with Gasteiger partial charge >= 0.3 is 5.97 Å². The fourth-order valence-corrected chi connectivity index (χ4v) is 1.95. The van der Waals surface area contributed by atoms with Crippen LogP contribution in [0.15, 0.2) is 29.4 Å². The van der Waals surface area contributed by atoms with Crippen LogP contribution in [0.1, 0.15) is 18.9 Å². The maximum absolute atomic E-state index is 11.1. The van der Waals surface area contributed by atoms with Crippen molar-refractivity contribution in [2.24, 2.45) is 5.16 Å². The zero-order valence-corrected chi connectivity index (χ0v) is 12.2. The molecule has 114 valence electrons. The monoisotopic (exact) mass is 293 g/mol. The van der Waals surface area contributed by atoms with Crippen LogP contribution in [0.5, 0.6) is 5.75 Å². The number of methoxy groups -OCH3 is 1. The van der Waals surface area contributed by atoms with Gasteiger partial charge in [0.15, 0.2) is 6.10 Å². The maximum atomic E-state index is 11.1. The van der Waals surface area contributed by atoms with E-state index in [1.54, 1.807) is 14.0 Å². The molecule has 1 heterocycles. The van der Waals surface area contributed by atoms with Crippen molar-refractivity contribution in [1.29, 1.82) is 0 Å². The molecule has 1 aliphatic rings. The molecule has 1 aliphatic heterocycles. The summed E-state index contributed by atoms with van der Waals surface area (Å²) in [6, 6.07) is 7.62. The molecule has 0 saturated carbocycles. The van der Waals surface area contributed by atoms with Crippen molar-refractivity contribution >= 4 is 11.7 Å². The van der Waals surface area contributed by atoms with E-state index in [-0.39, 0.29) is 18.7 Å². The number of nitrogens with zero attached hydrogens (tertiary/aromatic N) is 1. The fraction of sp³-hybridized carbons (Fsp3) is 0.467. The topological polar surface area (TPSA) is 66.4 Å². The second-order valence-corrected chi connectivity index (χ2v) is 4.52. The van der Waals surface area contributed by atoms with E-state index < -0.39 is 0 Å². The van der Waals surface area contributed by atoms with Gasteiger partial charge in [-0.3, -0.25) is 0 Å². The summed E-state index contributed by atoms with van der Waals surface area (Å²) in [5.41, 5.74) is 1.85. The van der Waals surface area contributed by atoms with Gasteiger partial charge in [0.05, 0.1) is 26.0 Å². The molecule has 0 spiro atoms. The molecule has 1 aromatic carbocycles. The first-order chi connectivity index (χ1) is 10.2. The summed E-state index contributed by atoms with van der Waals surface area (Å²) < 4.78 is 15.1. The lowest BCUT2D eigenvalue weighted by Crippen LogP contribution is -2.20. The van der Waals surface area contributed by atoms with Crippen LogP contribution < -0.4 is 4.74 Å². The Morgan fingerprint density at radius 1 is 1.38 bits per heavy atom. The Hall–Kier alpha value is -2.08. The number of benzene rings is 1. The largest absolute Gasteiger partial charge is 0.497 e. The molecular weight excluding hydrogens is 274 g/mol. The summed E-state index contributed by atoms with van der Waals surface area (Å²) in [7, 11) is 1.63. The van der Waals surface area contributed by atoms with Crippen molar-refractivity contribution in [3.05, 3.63) is 29.8 Å². The highest BCUT2D eigenvalue weighted by Crippen LogP contribution is 2.19. The van der Waals surface area contributed by atoms with Crippen molar-refractivity contribution < 1.29 is 23.8 Å². The first-order valence-electron chi connectivity index (χ1n) is 6.83. The standard InChI is InChI=1S/C15H19NO5/c1-3-20-15(17)10-19-9-13-8-14(16-21-13)11-4-6-12(18-2)7-5-11/h4-7,13H,3,8-10H2,1-2H3. The number of carbonyl (C=O) groups excluding carboxylic acids is 1. The Kier molecular flexibility index (Phi) is 5.57. The second-order valence-electron chi connectivity index (χ2n) is 4.52. The van der Waals surface area contributed by atoms with Crippen molar-refractivity contribution in [2.75, 3.05) is 26.9 Å². The van der Waals surface area contributed by atoms with Gasteiger partial charge in [-0.15, -0.1) is 0 Å². The number of hydrogen-bond donors (Lipinski definition) is 0. The summed E-state index contributed by atoms with van der Waals surface area (Å²) in [6.07, 6.45) is 0.478. The van der Waals surface area contributed by atoms with E-state index in [1.165, 1.54) is 0 Å². The van der Waals surface area contributed by atoms with E-state index in [0.717, 1.165) is 17.0 Å². The van der Waals surface area contributed by atoms with Gasteiger partial charge in [0, 0.05) is 6.42 Å². The van der Waals surface area contributed by atoms with Crippen LogP contribution in [0.3, 0.4) is 0 Å². The smallest absolute Gasteiger partial charge is 0.332 e. The van der Waals surface area contributed by atoms with Crippen LogP contribution in [0.25, 0.3) is 0 Å². The lowest BCUT2D eigenvalue weighted by molar-refractivity contribution is -0.149. The third-order valence-corrected chi connectivity index (χ3v) is 2.99. The summed E-state index contributed by atoms with van der Waals surface area (Å²) in [5.74, 6) is 0.430. The van der Waals surface area contributed by atoms with Gasteiger partial charge < -0.3 is 19.0 Å². The van der Waals surface area contributed by atoms with Crippen molar-refractivity contribution in [1.82, 2.24) is 0 Å². The Morgan fingerprint density at radius 2 is 2.14 bits per heavy atom. The molecule has 0 N–H and O–H groups in total. The lowest BCUT2D eigenvalue weighted by atomic mass is 10.1. The Labute approximate surface area is 123 Å². The molecule has 0 aliphatic carbocycles. The Balaban J connectivity index is 1.76. The van der Waals surface area contributed by atoms with E-state index in [1.807, 2.05) is 24.3 Å². The lowest BCUT2D eigenvalue weighted by Gasteiger charge is -2.08. The van der Waals surface area contributed by atoms with E-state index >= 15 is 0 Å². The third kappa shape index (κ3) is 4.46. The minimum atomic E-state index is -0.369. The van der Waals surface area contributed by atoms with Gasteiger partial charge in [-0.05, 0) is 36.8 Å². The van der Waals surface area contributed by atoms with E-state index in [4.69, 9.17) is 19.0 Å². The quantitative estimate of drug-likeness (QED) is 0.717. The number of oxime groups is 1. The minimum Gasteiger partial charge on any atom is -0.497 e. The van der Waals surface area contributed by atoms with Gasteiger partial charge in [-0.1, -0.05) is 5.16 Å². The van der Waals surface area contributed by atoms with Crippen molar-refractivity contribution in [3.8, 4) is 5.75 Å². The Bertz CT molecular complexity index is 497. The minimum absolute atomic E-state index is 0.0639. The molecule has 0 radical (unpaired) electrons. The van der Waals surface area contributed by atoms with Crippen LogP contribution >= 0.6 is 0 Å². The number of carbonyl (C=O) groups is 1. The molecule has 6 nitrogen and oxygen atoms in total. The molecule has 0 fully saturated rings. The number of esters is 1. The van der Waals surface area contributed by atoms with E-state index in [9.17, 15) is 4.79 Å². The summed E-state index contributed by atoms with van der Waals surface area (Å²) in [5, 5.41) is 4.06. The average Bonchev–Trinajstić information content (AvgIpc) is 2.96. The SMILES string of the molecule is CCOC(=O)COCC1CC(c2ccc(OC)cc2)=NO1. The fourth-order valence-electron chi connectivity index (χ4n) is 1.95. The van der Waals surface area contributed by atoms with Gasteiger partial charge in [0.1, 0.15) is 12.4 Å². The molecular formula is C15H19NO5. The maximum Gasteiger partial charge on any atom is 0.332 e. The highest BCUT2D eigenvalue weighted by Gasteiger charge is 2.22. The number of hydrogen-bond acceptors (Lipinski definition) is 6. The van der Waals surface area contributed by atoms with E-state index in [0.29, 0.717) is 19.6 Å². The number of rotatable bonds is 7. The van der Waals surface area contributed by atoms with Crippen LogP contribution in [0.4, 0.5) is 0 Å². The molecule has 0 bridgehead atoms. The predicted molar refractivity (Wildman–Crippen MR) is 76.5 cm³/mol. The van der Waals surface area contributed by atoms with E-state index in [2.05, 4.69) is 5.16 Å². The van der Waals surface area contributed by atoms with Gasteiger partial charge in [0.2, 0.25) is 0 Å². The average molecular weight is 293 g/mol. The molecule has 0 aromatic heterocycles. The number of ether oxygens (including phenoxy) is 3. The molecule has 21 heavy (non-hydrogen) atoms. The van der Waals surface area contributed by atoms with Crippen molar-refractivity contribution in [2.45, 2.75) is 19.4 Å². The molecule has 1 unspecified atom stereocenters. The van der Waals surface area contributed by atoms with Gasteiger partial charge in [-0.25, -0.2) is 4.79 Å². The summed E-state index contributed by atoms with van der Waals surface area (Å²) in [4.78, 5) is 16.4. The predicted octanol–water partition coefficient (Wildman–Crippen LogP) is 1.77. The van der Waals surface area contributed by atoms with Gasteiger partial charge in [0.25, 0.3) is 0 Å². The summed E-state index contributed by atoms with van der Waals surface area (Å²) >= 11 is 0. The van der Waals surface area contributed by atoms with Crippen molar-refractivity contribution in [3.63, 3.8) is 0 Å². The highest BCUT2D eigenvalue weighted by molar-refractivity contribution is 6.01. The molecule has 1 aromatic rings. The highest BCUT2D eigenvalue weighted by atomic mass is 16.7. The van der Waals surface area contributed by atoms with Crippen LogP contribution in [0.2, 0.25) is 0 Å². The molecule has 6 heteroatoms. The van der Waals surface area contributed by atoms with Crippen LogP contribution in [0, 0.1) is 0 Å². The first-order valence-corrected chi connectivity index (χ1v) is 6.83. The van der Waals surface area contributed by atoms with Crippen LogP contribution in [-0.4, -0.2) is 44.7 Å². The normalized spacial score (nSPS) is 17.0. The zero-order chi connectivity index (χ0) is 15.1. The zero-order valence-electron chi connectivity index (χ0n) is 12.2. The molecule has 0 amide bonds. The van der Waals surface area contributed by atoms with Crippen LogP contribution in [-0.2, 0) is 19.1 Å². The third-order valence-electron chi connectivity index (χ3n) is 2.99. The van der Waals surface area contributed by atoms with Gasteiger partial charge in [-0.2, -0.15) is 0 Å².